The molecule has 28 heavy (non-hydrogen) atoms. The Morgan fingerprint density at radius 3 is 2.36 bits per heavy atom. The summed E-state index contributed by atoms with van der Waals surface area (Å²) in [4.78, 5) is 17.5. The van der Waals surface area contributed by atoms with E-state index in [0.717, 1.165) is 22.2 Å². The first-order valence-corrected chi connectivity index (χ1v) is 9.36. The van der Waals surface area contributed by atoms with Crippen molar-refractivity contribution < 1.29 is 10.2 Å². The predicted octanol–water partition coefficient (Wildman–Crippen LogP) is 4.45. The molecule has 1 atom stereocenters. The Morgan fingerprint density at radius 2 is 1.57 bits per heavy atom. The molecule has 0 aliphatic carbocycles. The maximum Gasteiger partial charge on any atom is 0.234 e. The summed E-state index contributed by atoms with van der Waals surface area (Å²) in [5.74, 6) is 0.169. The van der Waals surface area contributed by atoms with Crippen LogP contribution in [0.4, 0.5) is 0 Å². The van der Waals surface area contributed by atoms with Gasteiger partial charge in [-0.2, -0.15) is 0 Å². The fourth-order valence-electron chi connectivity index (χ4n) is 3.45. The smallest absolute Gasteiger partial charge is 0.234 e. The van der Waals surface area contributed by atoms with E-state index >= 15 is 0 Å². The van der Waals surface area contributed by atoms with E-state index in [2.05, 4.69) is 26.9 Å². The lowest BCUT2D eigenvalue weighted by Crippen LogP contribution is -2.02. The van der Waals surface area contributed by atoms with Gasteiger partial charge in [0.15, 0.2) is 0 Å². The van der Waals surface area contributed by atoms with Gasteiger partial charge in [0.2, 0.25) is 11.8 Å². The molecule has 4 rings (SSSR count). The van der Waals surface area contributed by atoms with Crippen molar-refractivity contribution in [2.45, 2.75) is 39.0 Å². The molecule has 2 N–H and O–H groups in total. The Balaban J connectivity index is 1.67. The van der Waals surface area contributed by atoms with Crippen molar-refractivity contribution in [3.63, 3.8) is 0 Å². The van der Waals surface area contributed by atoms with Crippen molar-refractivity contribution in [3.8, 4) is 11.8 Å². The molecule has 0 bridgehead atoms. The van der Waals surface area contributed by atoms with Crippen molar-refractivity contribution in [2.24, 2.45) is 0 Å². The minimum absolute atomic E-state index is 0.0109. The van der Waals surface area contributed by atoms with E-state index in [0.29, 0.717) is 23.1 Å². The van der Waals surface area contributed by atoms with Gasteiger partial charge >= 0.3 is 0 Å². The number of hydrogen-bond donors (Lipinski definition) is 2. The van der Waals surface area contributed by atoms with Gasteiger partial charge < -0.3 is 10.2 Å². The molecule has 4 aromatic rings. The number of hydrogen-bond acceptors (Lipinski definition) is 6. The SMILES string of the molecule is CC(C)c1nc2cc(CC(C)c3cc4ncccc4nc3O)ccc2nc1O. The van der Waals surface area contributed by atoms with Gasteiger partial charge in [-0.3, -0.25) is 4.98 Å². The van der Waals surface area contributed by atoms with Gasteiger partial charge in [0, 0.05) is 17.7 Å². The molecule has 0 radical (unpaired) electrons. The maximum atomic E-state index is 10.4. The summed E-state index contributed by atoms with van der Waals surface area (Å²) in [6.45, 7) is 6.01. The fourth-order valence-corrected chi connectivity index (χ4v) is 3.45. The van der Waals surface area contributed by atoms with Crippen LogP contribution in [0, 0.1) is 0 Å². The van der Waals surface area contributed by atoms with E-state index in [4.69, 9.17) is 0 Å². The number of rotatable bonds is 4. The van der Waals surface area contributed by atoms with Crippen LogP contribution in [0.3, 0.4) is 0 Å². The summed E-state index contributed by atoms with van der Waals surface area (Å²) in [7, 11) is 0. The Kier molecular flexibility index (Phi) is 4.55. The lowest BCUT2D eigenvalue weighted by atomic mass is 9.93. The number of aromatic hydroxyl groups is 2. The lowest BCUT2D eigenvalue weighted by molar-refractivity contribution is 0.440. The predicted molar refractivity (Wildman–Crippen MR) is 109 cm³/mol. The monoisotopic (exact) mass is 374 g/mol. The highest BCUT2D eigenvalue weighted by atomic mass is 16.3. The van der Waals surface area contributed by atoms with Crippen LogP contribution in [0.15, 0.2) is 42.6 Å². The number of aromatic nitrogens is 4. The minimum Gasteiger partial charge on any atom is -0.493 e. The molecule has 3 aromatic heterocycles. The molecular weight excluding hydrogens is 352 g/mol. The van der Waals surface area contributed by atoms with Crippen LogP contribution >= 0.6 is 0 Å². The average molecular weight is 374 g/mol. The lowest BCUT2D eigenvalue weighted by Gasteiger charge is -2.14. The second-order valence-corrected chi connectivity index (χ2v) is 7.46. The van der Waals surface area contributed by atoms with Crippen LogP contribution in [0.1, 0.15) is 49.4 Å². The first kappa shape index (κ1) is 18.1. The van der Waals surface area contributed by atoms with Gasteiger partial charge in [-0.05, 0) is 48.2 Å². The Hall–Kier alpha value is -3.28. The van der Waals surface area contributed by atoms with E-state index in [-0.39, 0.29) is 23.6 Å². The molecule has 6 heteroatoms. The van der Waals surface area contributed by atoms with Gasteiger partial charge in [0.05, 0.1) is 22.1 Å². The molecule has 0 aliphatic heterocycles. The van der Waals surface area contributed by atoms with Crippen LogP contribution in [0.2, 0.25) is 0 Å². The van der Waals surface area contributed by atoms with Crippen LogP contribution in [-0.2, 0) is 6.42 Å². The van der Waals surface area contributed by atoms with Crippen molar-refractivity contribution >= 4 is 22.1 Å². The number of benzene rings is 1. The second kappa shape index (κ2) is 7.03. The van der Waals surface area contributed by atoms with Crippen molar-refractivity contribution in [1.29, 1.82) is 0 Å². The summed E-state index contributed by atoms with van der Waals surface area (Å²) >= 11 is 0. The topological polar surface area (TPSA) is 92.0 Å². The zero-order valence-electron chi connectivity index (χ0n) is 16.1. The van der Waals surface area contributed by atoms with Crippen LogP contribution in [0.25, 0.3) is 22.1 Å². The van der Waals surface area contributed by atoms with E-state index in [1.807, 2.05) is 44.2 Å². The van der Waals surface area contributed by atoms with Crippen LogP contribution in [0.5, 0.6) is 11.8 Å². The first-order valence-electron chi connectivity index (χ1n) is 9.36. The molecule has 6 nitrogen and oxygen atoms in total. The van der Waals surface area contributed by atoms with Gasteiger partial charge in [-0.15, -0.1) is 0 Å². The highest BCUT2D eigenvalue weighted by Crippen LogP contribution is 2.30. The molecule has 1 unspecified atom stereocenters. The first-order chi connectivity index (χ1) is 13.4. The Morgan fingerprint density at radius 1 is 0.821 bits per heavy atom. The molecule has 3 heterocycles. The molecule has 0 spiro atoms. The zero-order chi connectivity index (χ0) is 19.8. The normalized spacial score (nSPS) is 12.7. The molecule has 0 aliphatic rings. The molecule has 0 amide bonds. The van der Waals surface area contributed by atoms with E-state index in [1.165, 1.54) is 0 Å². The Labute approximate surface area is 163 Å². The van der Waals surface area contributed by atoms with Crippen molar-refractivity contribution in [2.75, 3.05) is 0 Å². The standard InChI is InChI=1S/C22H22N4O2/c1-12(2)20-22(28)26-17-7-6-14(10-19(17)24-20)9-13(3)15-11-18-16(25-21(15)27)5-4-8-23-18/h4-8,10-13H,9H2,1-3H3,(H,25,27)(H,26,28). The van der Waals surface area contributed by atoms with Crippen LogP contribution in [-0.4, -0.2) is 30.1 Å². The summed E-state index contributed by atoms with van der Waals surface area (Å²) in [6, 6.07) is 11.4. The molecular formula is C22H22N4O2. The van der Waals surface area contributed by atoms with Gasteiger partial charge in [-0.1, -0.05) is 26.8 Å². The Bertz CT molecular complexity index is 1170. The average Bonchev–Trinajstić information content (AvgIpc) is 2.66. The quantitative estimate of drug-likeness (QED) is 0.548. The second-order valence-electron chi connectivity index (χ2n) is 7.46. The highest BCUT2D eigenvalue weighted by molar-refractivity contribution is 5.77. The molecule has 1 aromatic carbocycles. The summed E-state index contributed by atoms with van der Waals surface area (Å²) in [6.07, 6.45) is 2.43. The van der Waals surface area contributed by atoms with Crippen molar-refractivity contribution in [1.82, 2.24) is 19.9 Å². The van der Waals surface area contributed by atoms with Gasteiger partial charge in [0.25, 0.3) is 0 Å². The van der Waals surface area contributed by atoms with E-state index in [1.54, 1.807) is 12.3 Å². The molecule has 142 valence electrons. The van der Waals surface area contributed by atoms with Crippen molar-refractivity contribution in [3.05, 3.63) is 59.4 Å². The number of pyridine rings is 2. The van der Waals surface area contributed by atoms with Crippen LogP contribution < -0.4 is 0 Å². The largest absolute Gasteiger partial charge is 0.493 e. The summed E-state index contributed by atoms with van der Waals surface area (Å²) in [5, 5.41) is 20.4. The number of fused-ring (bicyclic) bond motifs is 2. The third kappa shape index (κ3) is 3.33. The van der Waals surface area contributed by atoms with E-state index in [9.17, 15) is 10.2 Å². The summed E-state index contributed by atoms with van der Waals surface area (Å²) in [5.41, 5.74) is 5.31. The highest BCUT2D eigenvalue weighted by Gasteiger charge is 2.16. The van der Waals surface area contributed by atoms with Gasteiger partial charge in [-0.25, -0.2) is 15.0 Å². The number of nitrogens with zero attached hydrogens (tertiary/aromatic N) is 4. The minimum atomic E-state index is -0.0109. The molecule has 0 saturated carbocycles. The van der Waals surface area contributed by atoms with E-state index < -0.39 is 0 Å². The fraction of sp³-hybridized carbons (Fsp3) is 0.273. The summed E-state index contributed by atoms with van der Waals surface area (Å²) < 4.78 is 0. The third-order valence-electron chi connectivity index (χ3n) is 4.95. The molecule has 0 fully saturated rings. The zero-order valence-corrected chi connectivity index (χ0v) is 16.1. The maximum absolute atomic E-state index is 10.4. The third-order valence-corrected chi connectivity index (χ3v) is 4.95. The molecule has 0 saturated heterocycles. The van der Waals surface area contributed by atoms with Gasteiger partial charge in [0.1, 0.15) is 5.69 Å².